The van der Waals surface area contributed by atoms with Crippen molar-refractivity contribution >= 4 is 34.9 Å². The van der Waals surface area contributed by atoms with Crippen LogP contribution in [0.3, 0.4) is 0 Å². The van der Waals surface area contributed by atoms with Gasteiger partial charge in [0.05, 0.1) is 14.9 Å². The molecule has 7 heteroatoms. The Balaban J connectivity index is 0.000000242. The molecule has 1 saturated heterocycles. The zero-order chi connectivity index (χ0) is 19.9. The van der Waals surface area contributed by atoms with E-state index < -0.39 is 11.9 Å². The fraction of sp³-hybridized carbons (Fsp3) is 0.381. The predicted molar refractivity (Wildman–Crippen MR) is 109 cm³/mol. The third-order valence-electron chi connectivity index (χ3n) is 4.78. The van der Waals surface area contributed by atoms with Gasteiger partial charge in [-0.25, -0.2) is 14.6 Å². The first kappa shape index (κ1) is 20.2. The highest BCUT2D eigenvalue weighted by atomic mass is 32.1. The summed E-state index contributed by atoms with van der Waals surface area (Å²) in [5.41, 5.74) is 2.81. The summed E-state index contributed by atoms with van der Waals surface area (Å²) >= 11 is 1.90. The average molecular weight is 401 g/mol. The summed E-state index contributed by atoms with van der Waals surface area (Å²) in [5.74, 6) is -2.51. The molecule has 1 aliphatic heterocycles. The van der Waals surface area contributed by atoms with Gasteiger partial charge in [-0.05, 0) is 62.5 Å². The molecule has 148 valence electrons. The molecule has 4 rings (SSSR count). The van der Waals surface area contributed by atoms with E-state index in [2.05, 4.69) is 29.2 Å². The second-order valence-electron chi connectivity index (χ2n) is 6.86. The van der Waals surface area contributed by atoms with Crippen molar-refractivity contribution in [2.24, 2.45) is 0 Å². The number of hydrogen-bond acceptors (Lipinski definition) is 5. The number of aryl methyl sites for hydroxylation is 1. The Bertz CT molecular complexity index is 934. The van der Waals surface area contributed by atoms with Crippen LogP contribution in [0.25, 0.3) is 11.6 Å². The van der Waals surface area contributed by atoms with Crippen molar-refractivity contribution in [1.82, 2.24) is 9.88 Å². The Morgan fingerprint density at radius 1 is 1.18 bits per heavy atom. The molecule has 2 heterocycles. The van der Waals surface area contributed by atoms with Crippen molar-refractivity contribution in [1.29, 1.82) is 0 Å². The molecule has 0 amide bonds. The van der Waals surface area contributed by atoms with Gasteiger partial charge < -0.3 is 15.1 Å². The fourth-order valence-electron chi connectivity index (χ4n) is 3.49. The predicted octanol–water partition coefficient (Wildman–Crippen LogP) is 1.71. The lowest BCUT2D eigenvalue weighted by Gasteiger charge is -2.13. The second-order valence-corrected chi connectivity index (χ2v) is 7.97. The summed E-state index contributed by atoms with van der Waals surface area (Å²) in [4.78, 5) is 26.6. The molecule has 0 bridgehead atoms. The van der Waals surface area contributed by atoms with Crippen molar-refractivity contribution in [2.45, 2.75) is 32.1 Å². The molecule has 6 nitrogen and oxygen atoms in total. The van der Waals surface area contributed by atoms with Gasteiger partial charge in [0.15, 0.2) is 0 Å². The second kappa shape index (κ2) is 9.61. The molecule has 2 aliphatic carbocycles. The zero-order valence-electron chi connectivity index (χ0n) is 15.6. The SMILES string of the molecule is C1=CCC2=c3nc(CCCN4CCCC4)sc3=CC2=C1.O=C(O)C=CC(=O)O. The van der Waals surface area contributed by atoms with Crippen molar-refractivity contribution in [3.05, 3.63) is 50.8 Å². The lowest BCUT2D eigenvalue weighted by Crippen LogP contribution is -2.21. The molecule has 0 spiro atoms. The quantitative estimate of drug-likeness (QED) is 0.707. The molecule has 2 N–H and O–H groups in total. The van der Waals surface area contributed by atoms with Crippen LogP contribution in [-0.4, -0.2) is 51.7 Å². The number of hydrogen-bond donors (Lipinski definition) is 2. The van der Waals surface area contributed by atoms with E-state index in [1.807, 2.05) is 11.3 Å². The molecular weight excluding hydrogens is 376 g/mol. The number of fused-ring (bicyclic) bond motifs is 2. The smallest absolute Gasteiger partial charge is 0.328 e. The van der Waals surface area contributed by atoms with Gasteiger partial charge in [-0.15, -0.1) is 11.3 Å². The van der Waals surface area contributed by atoms with Gasteiger partial charge >= 0.3 is 11.9 Å². The Labute approximate surface area is 167 Å². The minimum Gasteiger partial charge on any atom is -0.478 e. The van der Waals surface area contributed by atoms with Gasteiger partial charge in [0.1, 0.15) is 0 Å². The molecular formula is C21H24N2O4S. The first-order valence-corrected chi connectivity index (χ1v) is 10.3. The molecule has 1 aromatic rings. The van der Waals surface area contributed by atoms with Crippen LogP contribution in [0, 0.1) is 0 Å². The van der Waals surface area contributed by atoms with Crippen LogP contribution < -0.4 is 9.88 Å². The number of carboxylic acid groups (broad SMARTS) is 2. The highest BCUT2D eigenvalue weighted by molar-refractivity contribution is 7.09. The number of thiazole rings is 1. The molecule has 3 aliphatic rings. The number of aromatic nitrogens is 1. The minimum atomic E-state index is -1.26. The van der Waals surface area contributed by atoms with Crippen LogP contribution in [-0.2, 0) is 16.0 Å². The lowest BCUT2D eigenvalue weighted by atomic mass is 10.0. The molecule has 1 aromatic heterocycles. The van der Waals surface area contributed by atoms with Gasteiger partial charge in [-0.3, -0.25) is 0 Å². The van der Waals surface area contributed by atoms with E-state index in [4.69, 9.17) is 15.2 Å². The van der Waals surface area contributed by atoms with Crippen LogP contribution in [0.2, 0.25) is 0 Å². The van der Waals surface area contributed by atoms with Gasteiger partial charge in [0.2, 0.25) is 0 Å². The topological polar surface area (TPSA) is 90.7 Å². The summed E-state index contributed by atoms with van der Waals surface area (Å²) in [6.45, 7) is 3.86. The normalized spacial score (nSPS) is 17.6. The highest BCUT2D eigenvalue weighted by Crippen LogP contribution is 2.23. The van der Waals surface area contributed by atoms with E-state index in [1.54, 1.807) is 0 Å². The van der Waals surface area contributed by atoms with Crippen molar-refractivity contribution in [2.75, 3.05) is 19.6 Å². The third-order valence-corrected chi connectivity index (χ3v) is 5.85. The molecule has 0 aromatic carbocycles. The number of carbonyl (C=O) groups is 2. The van der Waals surface area contributed by atoms with E-state index >= 15 is 0 Å². The summed E-state index contributed by atoms with van der Waals surface area (Å²) in [6, 6.07) is 0. The summed E-state index contributed by atoms with van der Waals surface area (Å²) in [6.07, 6.45) is 16.3. The maximum Gasteiger partial charge on any atom is 0.328 e. The van der Waals surface area contributed by atoms with Crippen molar-refractivity contribution in [3.8, 4) is 0 Å². The summed E-state index contributed by atoms with van der Waals surface area (Å²) in [5, 5.41) is 18.2. The van der Waals surface area contributed by atoms with E-state index in [-0.39, 0.29) is 0 Å². The molecule has 0 saturated carbocycles. The van der Waals surface area contributed by atoms with Gasteiger partial charge in [-0.2, -0.15) is 0 Å². The number of rotatable bonds is 6. The zero-order valence-corrected chi connectivity index (χ0v) is 16.5. The number of allylic oxidation sites excluding steroid dienone is 4. The van der Waals surface area contributed by atoms with Gasteiger partial charge in [-0.1, -0.05) is 18.2 Å². The Kier molecular flexibility index (Phi) is 6.95. The first-order valence-electron chi connectivity index (χ1n) is 9.47. The van der Waals surface area contributed by atoms with Crippen molar-refractivity contribution < 1.29 is 19.8 Å². The standard InChI is InChI=1S/C17H20N2S.C4H4O4/c1-2-7-14-13(6-1)12-15-17(14)18-16(20-15)8-5-11-19-9-3-4-10-19;5-3(6)1-2-4(7)8/h1-2,6,12H,3-5,7-11H2;1-2H,(H,5,6)(H,7,8). The third kappa shape index (κ3) is 5.50. The number of carboxylic acids is 2. The largest absolute Gasteiger partial charge is 0.478 e. The average Bonchev–Trinajstić information content (AvgIpc) is 3.37. The van der Waals surface area contributed by atoms with Crippen molar-refractivity contribution in [3.63, 3.8) is 0 Å². The molecule has 28 heavy (non-hydrogen) atoms. The van der Waals surface area contributed by atoms with E-state index in [1.165, 1.54) is 64.9 Å². The fourth-order valence-corrected chi connectivity index (χ4v) is 4.58. The van der Waals surface area contributed by atoms with Gasteiger partial charge in [0, 0.05) is 18.6 Å². The van der Waals surface area contributed by atoms with E-state index in [0.29, 0.717) is 12.2 Å². The summed E-state index contributed by atoms with van der Waals surface area (Å²) in [7, 11) is 0. The van der Waals surface area contributed by atoms with Crippen LogP contribution in [0.5, 0.6) is 0 Å². The minimum absolute atomic E-state index is 0.558. The van der Waals surface area contributed by atoms with Crippen LogP contribution >= 0.6 is 11.3 Å². The van der Waals surface area contributed by atoms with Crippen LogP contribution in [0.4, 0.5) is 0 Å². The molecule has 0 atom stereocenters. The lowest BCUT2D eigenvalue weighted by molar-refractivity contribution is -0.134. The number of nitrogens with zero attached hydrogens (tertiary/aromatic N) is 2. The first-order chi connectivity index (χ1) is 13.5. The molecule has 1 fully saturated rings. The van der Waals surface area contributed by atoms with Crippen LogP contribution in [0.1, 0.15) is 30.7 Å². The summed E-state index contributed by atoms with van der Waals surface area (Å²) < 4.78 is 1.38. The maximum atomic E-state index is 9.55. The highest BCUT2D eigenvalue weighted by Gasteiger charge is 2.16. The Morgan fingerprint density at radius 2 is 1.89 bits per heavy atom. The molecule has 0 unspecified atom stereocenters. The Hall–Kier alpha value is -2.51. The molecule has 0 radical (unpaired) electrons. The van der Waals surface area contributed by atoms with E-state index in [0.717, 1.165) is 12.8 Å². The maximum absolute atomic E-state index is 9.55. The monoisotopic (exact) mass is 400 g/mol. The van der Waals surface area contributed by atoms with Crippen LogP contribution in [0.15, 0.2) is 36.0 Å². The van der Waals surface area contributed by atoms with Gasteiger partial charge in [0.25, 0.3) is 0 Å². The van der Waals surface area contributed by atoms with E-state index in [9.17, 15) is 9.59 Å². The Morgan fingerprint density at radius 3 is 2.57 bits per heavy atom. The number of likely N-dealkylation sites (tertiary alicyclic amines) is 1. The number of aliphatic carboxylic acids is 2.